The summed E-state index contributed by atoms with van der Waals surface area (Å²) < 4.78 is 24.1. The standard InChI is InChI=1S/C28H26FNO5/c1-17-4-8-19(9-5-17)26(31)24-25(20-10-13-22(34-2)23(16-20)35-3)30(28(33)27(24)32)15-14-18-6-11-21(29)12-7-18/h4-13,16,25,31H,14-15H2,1-3H3/b26-24-. The normalized spacial score (nSPS) is 17.0. The number of carbonyl (C=O) groups is 2. The van der Waals surface area contributed by atoms with Crippen molar-refractivity contribution in [3.8, 4) is 11.5 Å². The molecule has 0 spiro atoms. The van der Waals surface area contributed by atoms with Gasteiger partial charge in [-0.2, -0.15) is 0 Å². The average molecular weight is 476 g/mol. The van der Waals surface area contributed by atoms with Crippen LogP contribution in [0.2, 0.25) is 0 Å². The fourth-order valence-corrected chi connectivity index (χ4v) is 4.25. The number of likely N-dealkylation sites (tertiary alicyclic amines) is 1. The molecule has 180 valence electrons. The van der Waals surface area contributed by atoms with Crippen molar-refractivity contribution in [1.82, 2.24) is 4.90 Å². The first-order chi connectivity index (χ1) is 16.8. The Bertz CT molecular complexity index is 1280. The molecule has 0 aromatic heterocycles. The molecule has 1 amide bonds. The summed E-state index contributed by atoms with van der Waals surface area (Å²) in [4.78, 5) is 27.8. The van der Waals surface area contributed by atoms with E-state index < -0.39 is 17.7 Å². The molecule has 1 saturated heterocycles. The number of carbonyl (C=O) groups excluding carboxylic acids is 2. The van der Waals surface area contributed by atoms with Crippen LogP contribution in [0.25, 0.3) is 5.76 Å². The van der Waals surface area contributed by atoms with Gasteiger partial charge in [-0.1, -0.05) is 48.0 Å². The van der Waals surface area contributed by atoms with Gasteiger partial charge in [0.15, 0.2) is 11.5 Å². The van der Waals surface area contributed by atoms with E-state index in [0.29, 0.717) is 29.0 Å². The number of halogens is 1. The van der Waals surface area contributed by atoms with Gasteiger partial charge in [0.2, 0.25) is 0 Å². The number of aryl methyl sites for hydroxylation is 1. The third-order valence-electron chi connectivity index (χ3n) is 6.14. The summed E-state index contributed by atoms with van der Waals surface area (Å²) in [5.41, 5.74) is 2.85. The fourth-order valence-electron chi connectivity index (χ4n) is 4.25. The fraction of sp³-hybridized carbons (Fsp3) is 0.214. The Balaban J connectivity index is 1.81. The van der Waals surface area contributed by atoms with Gasteiger partial charge in [-0.05, 0) is 48.7 Å². The maximum Gasteiger partial charge on any atom is 0.295 e. The van der Waals surface area contributed by atoms with E-state index in [2.05, 4.69) is 0 Å². The van der Waals surface area contributed by atoms with Gasteiger partial charge in [0.1, 0.15) is 11.6 Å². The quantitative estimate of drug-likeness (QED) is 0.301. The first-order valence-corrected chi connectivity index (χ1v) is 11.2. The van der Waals surface area contributed by atoms with E-state index in [1.807, 2.05) is 19.1 Å². The van der Waals surface area contributed by atoms with E-state index in [-0.39, 0.29) is 23.7 Å². The molecule has 3 aromatic carbocycles. The Morgan fingerprint density at radius 1 is 0.943 bits per heavy atom. The second kappa shape index (κ2) is 10.0. The molecular weight excluding hydrogens is 449 g/mol. The number of benzene rings is 3. The zero-order chi connectivity index (χ0) is 25.1. The minimum atomic E-state index is -0.837. The Morgan fingerprint density at radius 3 is 2.23 bits per heavy atom. The van der Waals surface area contributed by atoms with Crippen LogP contribution in [0.1, 0.15) is 28.3 Å². The monoisotopic (exact) mass is 475 g/mol. The summed E-state index contributed by atoms with van der Waals surface area (Å²) in [6.45, 7) is 2.11. The molecule has 1 heterocycles. The highest BCUT2D eigenvalue weighted by atomic mass is 19.1. The molecule has 1 aliphatic rings. The summed E-state index contributed by atoms with van der Waals surface area (Å²) in [6, 6.07) is 17.4. The van der Waals surface area contributed by atoms with Gasteiger partial charge >= 0.3 is 0 Å². The number of ether oxygens (including phenoxy) is 2. The summed E-state index contributed by atoms with van der Waals surface area (Å²) in [5, 5.41) is 11.2. The number of nitrogens with zero attached hydrogens (tertiary/aromatic N) is 1. The van der Waals surface area contributed by atoms with Crippen molar-refractivity contribution in [3.05, 3.63) is 100 Å². The highest BCUT2D eigenvalue weighted by Gasteiger charge is 2.46. The van der Waals surface area contributed by atoms with E-state index in [4.69, 9.17) is 9.47 Å². The van der Waals surface area contributed by atoms with Crippen LogP contribution < -0.4 is 9.47 Å². The van der Waals surface area contributed by atoms with Crippen LogP contribution in [0.3, 0.4) is 0 Å². The van der Waals surface area contributed by atoms with Gasteiger partial charge in [-0.15, -0.1) is 0 Å². The average Bonchev–Trinajstić information content (AvgIpc) is 3.12. The lowest BCUT2D eigenvalue weighted by Crippen LogP contribution is -2.31. The topological polar surface area (TPSA) is 76.1 Å². The number of rotatable bonds is 7. The number of ketones is 1. The first kappa shape index (κ1) is 24.0. The lowest BCUT2D eigenvalue weighted by atomic mass is 9.94. The third-order valence-corrected chi connectivity index (χ3v) is 6.14. The molecule has 6 nitrogen and oxygen atoms in total. The van der Waals surface area contributed by atoms with Crippen LogP contribution >= 0.6 is 0 Å². The molecular formula is C28H26FNO5. The van der Waals surface area contributed by atoms with Crippen LogP contribution in [-0.4, -0.2) is 42.5 Å². The molecule has 4 rings (SSSR count). The summed E-state index contributed by atoms with van der Waals surface area (Å²) in [5.74, 6) is -1.13. The molecule has 1 fully saturated rings. The molecule has 1 unspecified atom stereocenters. The van der Waals surface area contributed by atoms with Crippen molar-refractivity contribution in [1.29, 1.82) is 0 Å². The van der Waals surface area contributed by atoms with Crippen LogP contribution in [0.4, 0.5) is 4.39 Å². The van der Waals surface area contributed by atoms with Crippen molar-refractivity contribution in [2.24, 2.45) is 0 Å². The van der Waals surface area contributed by atoms with Gasteiger partial charge in [0.05, 0.1) is 25.8 Å². The van der Waals surface area contributed by atoms with E-state index in [1.54, 1.807) is 42.5 Å². The van der Waals surface area contributed by atoms with E-state index in [0.717, 1.165) is 11.1 Å². The molecule has 1 N–H and O–H groups in total. The number of aliphatic hydroxyl groups excluding tert-OH is 1. The zero-order valence-corrected chi connectivity index (χ0v) is 19.7. The second-order valence-corrected chi connectivity index (χ2v) is 8.35. The lowest BCUT2D eigenvalue weighted by Gasteiger charge is -2.26. The second-order valence-electron chi connectivity index (χ2n) is 8.35. The minimum absolute atomic E-state index is 0.00480. The zero-order valence-electron chi connectivity index (χ0n) is 19.7. The molecule has 0 bridgehead atoms. The third kappa shape index (κ3) is 4.75. The predicted molar refractivity (Wildman–Crippen MR) is 130 cm³/mol. The first-order valence-electron chi connectivity index (χ1n) is 11.2. The minimum Gasteiger partial charge on any atom is -0.507 e. The van der Waals surface area contributed by atoms with Crippen LogP contribution in [0, 0.1) is 12.7 Å². The molecule has 1 atom stereocenters. The van der Waals surface area contributed by atoms with Gasteiger partial charge < -0.3 is 19.5 Å². The highest BCUT2D eigenvalue weighted by Crippen LogP contribution is 2.42. The van der Waals surface area contributed by atoms with E-state index in [1.165, 1.54) is 31.3 Å². The number of hydrogen-bond acceptors (Lipinski definition) is 5. The lowest BCUT2D eigenvalue weighted by molar-refractivity contribution is -0.139. The molecule has 0 saturated carbocycles. The van der Waals surface area contributed by atoms with Crippen molar-refractivity contribution in [2.45, 2.75) is 19.4 Å². The maximum absolute atomic E-state index is 13.3. The van der Waals surface area contributed by atoms with Gasteiger partial charge in [-0.3, -0.25) is 9.59 Å². The molecule has 0 radical (unpaired) electrons. The van der Waals surface area contributed by atoms with Crippen molar-refractivity contribution in [2.75, 3.05) is 20.8 Å². The Hall–Kier alpha value is -4.13. The van der Waals surface area contributed by atoms with E-state index >= 15 is 0 Å². The SMILES string of the molecule is COc1ccc(C2/C(=C(/O)c3ccc(C)cc3)C(=O)C(=O)N2CCc2ccc(F)cc2)cc1OC. The predicted octanol–water partition coefficient (Wildman–Crippen LogP) is 4.82. The van der Waals surface area contributed by atoms with Crippen molar-refractivity contribution < 1.29 is 28.6 Å². The van der Waals surface area contributed by atoms with E-state index in [9.17, 15) is 19.1 Å². The Kier molecular flexibility index (Phi) is 6.87. The van der Waals surface area contributed by atoms with Gasteiger partial charge in [0.25, 0.3) is 11.7 Å². The largest absolute Gasteiger partial charge is 0.507 e. The number of hydrogen-bond donors (Lipinski definition) is 1. The number of aliphatic hydroxyl groups is 1. The summed E-state index contributed by atoms with van der Waals surface area (Å²) >= 11 is 0. The molecule has 35 heavy (non-hydrogen) atoms. The van der Waals surface area contributed by atoms with Crippen LogP contribution in [-0.2, 0) is 16.0 Å². The number of methoxy groups -OCH3 is 2. The highest BCUT2D eigenvalue weighted by molar-refractivity contribution is 6.46. The van der Waals surface area contributed by atoms with Gasteiger partial charge in [-0.25, -0.2) is 4.39 Å². The summed E-state index contributed by atoms with van der Waals surface area (Å²) in [6.07, 6.45) is 0.404. The van der Waals surface area contributed by atoms with Crippen LogP contribution in [0.5, 0.6) is 11.5 Å². The van der Waals surface area contributed by atoms with Crippen molar-refractivity contribution in [3.63, 3.8) is 0 Å². The Labute approximate surface area is 203 Å². The molecule has 1 aliphatic heterocycles. The Morgan fingerprint density at radius 2 is 1.60 bits per heavy atom. The molecule has 3 aromatic rings. The molecule has 7 heteroatoms. The molecule has 0 aliphatic carbocycles. The maximum atomic E-state index is 13.3. The summed E-state index contributed by atoms with van der Waals surface area (Å²) in [7, 11) is 3.02. The smallest absolute Gasteiger partial charge is 0.295 e. The number of amides is 1. The number of Topliss-reactive ketones (excluding diaryl/α,β-unsaturated/α-hetero) is 1. The van der Waals surface area contributed by atoms with Gasteiger partial charge in [0, 0.05) is 12.1 Å². The van der Waals surface area contributed by atoms with Crippen LogP contribution in [0.15, 0.2) is 72.3 Å². The van der Waals surface area contributed by atoms with Crippen molar-refractivity contribution >= 4 is 17.4 Å².